The monoisotopic (exact) mass is 582 g/mol. The molecule has 0 amide bonds. The summed E-state index contributed by atoms with van der Waals surface area (Å²) in [5.41, 5.74) is 9.98. The molecular formula is C46H30. The molecule has 0 aliphatic rings. The fraction of sp³-hybridized carbons (Fsp3) is 0. The number of fused-ring (bicyclic) bond motifs is 5. The molecule has 9 rings (SSSR count). The number of benzene rings is 9. The SMILES string of the molecule is c1ccc(-c2ccc(-c3ccc(-c4ccc5cc(-c6cc7ccccc7c7ccccc67)ccc5c4)cc3)c3ccccc23)cc1. The van der Waals surface area contributed by atoms with Crippen LogP contribution in [0.3, 0.4) is 0 Å². The van der Waals surface area contributed by atoms with Gasteiger partial charge in [0, 0.05) is 0 Å². The van der Waals surface area contributed by atoms with Gasteiger partial charge in [-0.2, -0.15) is 0 Å². The van der Waals surface area contributed by atoms with Crippen LogP contribution in [0.1, 0.15) is 0 Å². The van der Waals surface area contributed by atoms with Crippen molar-refractivity contribution in [2.45, 2.75) is 0 Å². The highest BCUT2D eigenvalue weighted by Crippen LogP contribution is 2.38. The average Bonchev–Trinajstić information content (AvgIpc) is 3.14. The average molecular weight is 583 g/mol. The van der Waals surface area contributed by atoms with Gasteiger partial charge >= 0.3 is 0 Å². The summed E-state index contributed by atoms with van der Waals surface area (Å²) in [5, 5.41) is 10.2. The maximum absolute atomic E-state index is 2.34. The van der Waals surface area contributed by atoms with Gasteiger partial charge in [0.2, 0.25) is 0 Å². The minimum absolute atomic E-state index is 1.22. The quantitative estimate of drug-likeness (QED) is 0.181. The Morgan fingerprint density at radius 2 is 0.652 bits per heavy atom. The highest BCUT2D eigenvalue weighted by atomic mass is 14.2. The van der Waals surface area contributed by atoms with E-state index in [0.717, 1.165) is 0 Å². The fourth-order valence-electron chi connectivity index (χ4n) is 7.15. The molecule has 0 bridgehead atoms. The molecule has 0 aliphatic heterocycles. The van der Waals surface area contributed by atoms with Gasteiger partial charge in [0.25, 0.3) is 0 Å². The molecule has 0 heteroatoms. The second-order valence-electron chi connectivity index (χ2n) is 12.1. The van der Waals surface area contributed by atoms with Crippen molar-refractivity contribution in [3.63, 3.8) is 0 Å². The van der Waals surface area contributed by atoms with E-state index in [2.05, 4.69) is 182 Å². The van der Waals surface area contributed by atoms with Crippen molar-refractivity contribution in [2.75, 3.05) is 0 Å². The third kappa shape index (κ3) is 4.47. The molecule has 9 aromatic rings. The molecule has 0 heterocycles. The molecule has 0 N–H and O–H groups in total. The molecule has 214 valence electrons. The van der Waals surface area contributed by atoms with Gasteiger partial charge < -0.3 is 0 Å². The van der Waals surface area contributed by atoms with Gasteiger partial charge in [0.05, 0.1) is 0 Å². The Labute approximate surface area is 268 Å². The van der Waals surface area contributed by atoms with Gasteiger partial charge in [-0.25, -0.2) is 0 Å². The summed E-state index contributed by atoms with van der Waals surface area (Å²) in [6.07, 6.45) is 0. The Kier molecular flexibility index (Phi) is 6.25. The third-order valence-electron chi connectivity index (χ3n) is 9.46. The third-order valence-corrected chi connectivity index (χ3v) is 9.46. The van der Waals surface area contributed by atoms with Gasteiger partial charge in [-0.1, -0.05) is 164 Å². The molecule has 0 aliphatic carbocycles. The van der Waals surface area contributed by atoms with Crippen LogP contribution in [0.25, 0.3) is 87.6 Å². The summed E-state index contributed by atoms with van der Waals surface area (Å²) in [7, 11) is 0. The first-order valence-electron chi connectivity index (χ1n) is 15.9. The smallest absolute Gasteiger partial charge is 0.00988 e. The highest BCUT2D eigenvalue weighted by molar-refractivity contribution is 6.14. The lowest BCUT2D eigenvalue weighted by Crippen LogP contribution is -1.87. The maximum atomic E-state index is 2.34. The fourth-order valence-corrected chi connectivity index (χ4v) is 7.15. The van der Waals surface area contributed by atoms with Crippen molar-refractivity contribution in [3.05, 3.63) is 182 Å². The van der Waals surface area contributed by atoms with Crippen LogP contribution in [0.5, 0.6) is 0 Å². The van der Waals surface area contributed by atoms with E-state index in [9.17, 15) is 0 Å². The summed E-state index contributed by atoms with van der Waals surface area (Å²) < 4.78 is 0. The van der Waals surface area contributed by atoms with Crippen LogP contribution in [0, 0.1) is 0 Å². The maximum Gasteiger partial charge on any atom is -0.00988 e. The lowest BCUT2D eigenvalue weighted by atomic mass is 9.91. The zero-order chi connectivity index (χ0) is 30.5. The van der Waals surface area contributed by atoms with Gasteiger partial charge in [-0.05, 0) is 106 Å². The van der Waals surface area contributed by atoms with Crippen molar-refractivity contribution >= 4 is 43.1 Å². The van der Waals surface area contributed by atoms with Gasteiger partial charge in [-0.3, -0.25) is 0 Å². The first kappa shape index (κ1) is 26.4. The first-order valence-corrected chi connectivity index (χ1v) is 15.9. The van der Waals surface area contributed by atoms with Gasteiger partial charge in [0.15, 0.2) is 0 Å². The number of rotatable bonds is 4. The van der Waals surface area contributed by atoms with E-state index in [1.807, 2.05) is 0 Å². The predicted molar refractivity (Wildman–Crippen MR) is 198 cm³/mol. The minimum atomic E-state index is 1.22. The number of hydrogen-bond acceptors (Lipinski definition) is 0. The van der Waals surface area contributed by atoms with Crippen molar-refractivity contribution in [1.82, 2.24) is 0 Å². The second kappa shape index (κ2) is 10.9. The van der Waals surface area contributed by atoms with Crippen LogP contribution in [-0.2, 0) is 0 Å². The molecule has 0 radical (unpaired) electrons. The molecule has 0 aromatic heterocycles. The minimum Gasteiger partial charge on any atom is -0.0622 e. The van der Waals surface area contributed by atoms with Crippen LogP contribution in [0.2, 0.25) is 0 Å². The molecule has 0 nitrogen and oxygen atoms in total. The largest absolute Gasteiger partial charge is 0.0622 e. The van der Waals surface area contributed by atoms with E-state index in [1.165, 1.54) is 87.6 Å². The summed E-state index contributed by atoms with van der Waals surface area (Å²) in [6.45, 7) is 0. The van der Waals surface area contributed by atoms with Crippen molar-refractivity contribution in [1.29, 1.82) is 0 Å². The van der Waals surface area contributed by atoms with Crippen LogP contribution in [0.15, 0.2) is 182 Å². The second-order valence-corrected chi connectivity index (χ2v) is 12.1. The summed E-state index contributed by atoms with van der Waals surface area (Å²) >= 11 is 0. The Morgan fingerprint density at radius 1 is 0.196 bits per heavy atom. The molecule has 0 spiro atoms. The van der Waals surface area contributed by atoms with Crippen LogP contribution >= 0.6 is 0 Å². The Bertz CT molecular complexity index is 2560. The predicted octanol–water partition coefficient (Wildman–Crippen LogP) is 13.0. The molecule has 0 atom stereocenters. The Hall–Kier alpha value is -5.98. The molecule has 0 fully saturated rings. The molecule has 0 unspecified atom stereocenters. The van der Waals surface area contributed by atoms with E-state index in [4.69, 9.17) is 0 Å². The molecule has 9 aromatic carbocycles. The van der Waals surface area contributed by atoms with E-state index >= 15 is 0 Å². The van der Waals surface area contributed by atoms with E-state index in [-0.39, 0.29) is 0 Å². The summed E-state index contributed by atoms with van der Waals surface area (Å²) in [6, 6.07) is 66.5. The zero-order valence-corrected chi connectivity index (χ0v) is 25.3. The zero-order valence-electron chi connectivity index (χ0n) is 25.3. The van der Waals surface area contributed by atoms with Gasteiger partial charge in [0.1, 0.15) is 0 Å². The van der Waals surface area contributed by atoms with Crippen molar-refractivity contribution in [3.8, 4) is 44.5 Å². The van der Waals surface area contributed by atoms with Crippen LogP contribution < -0.4 is 0 Å². The van der Waals surface area contributed by atoms with Crippen LogP contribution in [-0.4, -0.2) is 0 Å². The van der Waals surface area contributed by atoms with Crippen LogP contribution in [0.4, 0.5) is 0 Å². The van der Waals surface area contributed by atoms with E-state index < -0.39 is 0 Å². The molecule has 46 heavy (non-hydrogen) atoms. The topological polar surface area (TPSA) is 0 Å². The summed E-state index contributed by atoms with van der Waals surface area (Å²) in [5.74, 6) is 0. The van der Waals surface area contributed by atoms with E-state index in [1.54, 1.807) is 0 Å². The molecule has 0 saturated carbocycles. The Balaban J connectivity index is 1.06. The van der Waals surface area contributed by atoms with Gasteiger partial charge in [-0.15, -0.1) is 0 Å². The van der Waals surface area contributed by atoms with E-state index in [0.29, 0.717) is 0 Å². The van der Waals surface area contributed by atoms with Crippen molar-refractivity contribution in [2.24, 2.45) is 0 Å². The first-order chi connectivity index (χ1) is 22.8. The molecule has 0 saturated heterocycles. The molecular weight excluding hydrogens is 553 g/mol. The lowest BCUT2D eigenvalue weighted by Gasteiger charge is -2.13. The highest BCUT2D eigenvalue weighted by Gasteiger charge is 2.11. The standard InChI is InChI=1S/C46H30/c1-2-10-32(11-3-1)40-26-27-41(44-16-7-6-15-43(40)44)33-20-18-31(19-21-33)34-22-23-36-29-38(25-24-35(36)28-34)46-30-37-12-4-5-13-39(37)42-14-8-9-17-45(42)46/h1-30H. The summed E-state index contributed by atoms with van der Waals surface area (Å²) in [4.78, 5) is 0. The number of hydrogen-bond donors (Lipinski definition) is 0. The van der Waals surface area contributed by atoms with Crippen molar-refractivity contribution < 1.29 is 0 Å². The lowest BCUT2D eigenvalue weighted by molar-refractivity contribution is 1.61. The Morgan fingerprint density at radius 3 is 1.33 bits per heavy atom. The normalized spacial score (nSPS) is 11.5.